The molecule has 102 valence electrons. The minimum atomic E-state index is 0.720. The number of aryl methyl sites for hydroxylation is 1. The molecule has 3 heteroatoms. The van der Waals surface area contributed by atoms with Gasteiger partial charge in [0.25, 0.3) is 0 Å². The third-order valence-corrected chi connectivity index (χ3v) is 3.91. The zero-order valence-electron chi connectivity index (χ0n) is 11.9. The second-order valence-corrected chi connectivity index (χ2v) is 6.34. The zero-order chi connectivity index (χ0) is 13.7. The van der Waals surface area contributed by atoms with Crippen molar-refractivity contribution in [2.75, 3.05) is 0 Å². The predicted molar refractivity (Wildman–Crippen MR) is 82.4 cm³/mol. The third-order valence-electron chi connectivity index (χ3n) is 2.94. The number of nitrogens with one attached hydrogen (secondary N) is 1. The molecular weight excluding hydrogens is 252 g/mol. The Morgan fingerprint density at radius 3 is 2.37 bits per heavy atom. The molecule has 0 aliphatic heterocycles. The average Bonchev–Trinajstić information content (AvgIpc) is 2.77. The molecule has 1 heterocycles. The van der Waals surface area contributed by atoms with Crippen LogP contribution in [0.25, 0.3) is 0 Å². The van der Waals surface area contributed by atoms with Crippen molar-refractivity contribution < 1.29 is 0 Å². The number of thiazole rings is 1. The molecule has 0 aliphatic carbocycles. The highest BCUT2D eigenvalue weighted by atomic mass is 32.1. The Kier molecular flexibility index (Phi) is 5.11. The van der Waals surface area contributed by atoms with E-state index in [1.54, 1.807) is 11.3 Å². The van der Waals surface area contributed by atoms with Gasteiger partial charge in [0.05, 0.1) is 0 Å². The number of nitrogens with zero attached hydrogens (tertiary/aromatic N) is 1. The molecule has 0 aliphatic rings. The zero-order valence-corrected chi connectivity index (χ0v) is 12.8. The maximum atomic E-state index is 4.44. The van der Waals surface area contributed by atoms with Gasteiger partial charge in [0.1, 0.15) is 5.01 Å². The van der Waals surface area contributed by atoms with Crippen molar-refractivity contribution in [1.82, 2.24) is 10.3 Å². The summed E-state index contributed by atoms with van der Waals surface area (Å²) in [5, 5.41) is 6.70. The summed E-state index contributed by atoms with van der Waals surface area (Å²) in [6.07, 6.45) is 1.16. The molecule has 2 nitrogen and oxygen atoms in total. The molecule has 2 aromatic rings. The van der Waals surface area contributed by atoms with E-state index in [1.807, 2.05) is 6.92 Å². The molecule has 19 heavy (non-hydrogen) atoms. The first kappa shape index (κ1) is 14.2. The quantitative estimate of drug-likeness (QED) is 0.863. The van der Waals surface area contributed by atoms with Crippen LogP contribution in [0.3, 0.4) is 0 Å². The van der Waals surface area contributed by atoms with E-state index >= 15 is 0 Å². The van der Waals surface area contributed by atoms with E-state index in [1.165, 1.54) is 11.1 Å². The predicted octanol–water partition coefficient (Wildman–Crippen LogP) is 3.94. The van der Waals surface area contributed by atoms with Crippen LogP contribution in [0.4, 0.5) is 0 Å². The van der Waals surface area contributed by atoms with Gasteiger partial charge in [0, 0.05) is 24.2 Å². The van der Waals surface area contributed by atoms with Gasteiger partial charge in [-0.25, -0.2) is 4.98 Å². The molecule has 2 rings (SSSR count). The first-order chi connectivity index (χ1) is 9.13. The summed E-state index contributed by atoms with van der Waals surface area (Å²) in [7, 11) is 0. The van der Waals surface area contributed by atoms with Crippen molar-refractivity contribution >= 4 is 11.3 Å². The molecule has 0 radical (unpaired) electrons. The maximum Gasteiger partial charge on any atom is 0.107 e. The van der Waals surface area contributed by atoms with E-state index in [9.17, 15) is 0 Å². The molecular formula is C16H22N2S. The van der Waals surface area contributed by atoms with E-state index < -0.39 is 0 Å². The average molecular weight is 274 g/mol. The lowest BCUT2D eigenvalue weighted by Crippen LogP contribution is -2.12. The van der Waals surface area contributed by atoms with Crippen molar-refractivity contribution in [2.24, 2.45) is 5.92 Å². The summed E-state index contributed by atoms with van der Waals surface area (Å²) in [4.78, 5) is 4.44. The number of rotatable bonds is 6. The SMILES string of the molecule is Cc1csc(CNCc2ccc(CC(C)C)cc2)n1. The van der Waals surface area contributed by atoms with Gasteiger partial charge < -0.3 is 5.32 Å². The molecule has 0 spiro atoms. The molecule has 0 saturated carbocycles. The lowest BCUT2D eigenvalue weighted by atomic mass is 10.0. The first-order valence-electron chi connectivity index (χ1n) is 6.83. The van der Waals surface area contributed by atoms with Crippen molar-refractivity contribution in [2.45, 2.75) is 40.3 Å². The monoisotopic (exact) mass is 274 g/mol. The molecule has 0 fully saturated rings. The minimum absolute atomic E-state index is 0.720. The Labute approximate surface area is 119 Å². The molecule has 0 atom stereocenters. The van der Waals surface area contributed by atoms with Crippen LogP contribution in [0, 0.1) is 12.8 Å². The van der Waals surface area contributed by atoms with Crippen LogP contribution >= 0.6 is 11.3 Å². The number of benzene rings is 1. The third kappa shape index (κ3) is 4.77. The Hall–Kier alpha value is -1.19. The molecule has 0 amide bonds. The number of hydrogen-bond acceptors (Lipinski definition) is 3. The minimum Gasteiger partial charge on any atom is -0.306 e. The fourth-order valence-corrected chi connectivity index (χ4v) is 2.80. The van der Waals surface area contributed by atoms with Crippen LogP contribution < -0.4 is 5.32 Å². The highest BCUT2D eigenvalue weighted by Gasteiger charge is 2.00. The fraction of sp³-hybridized carbons (Fsp3) is 0.438. The van der Waals surface area contributed by atoms with E-state index in [0.717, 1.165) is 36.1 Å². The molecule has 0 saturated heterocycles. The van der Waals surface area contributed by atoms with E-state index in [2.05, 4.69) is 53.8 Å². The van der Waals surface area contributed by atoms with Crippen LogP contribution in [0.1, 0.15) is 35.7 Å². The van der Waals surface area contributed by atoms with Gasteiger partial charge >= 0.3 is 0 Å². The van der Waals surface area contributed by atoms with E-state index in [0.29, 0.717) is 0 Å². The summed E-state index contributed by atoms with van der Waals surface area (Å²) in [5.41, 5.74) is 3.87. The maximum absolute atomic E-state index is 4.44. The van der Waals surface area contributed by atoms with Crippen molar-refractivity contribution in [3.05, 3.63) is 51.5 Å². The topological polar surface area (TPSA) is 24.9 Å². The van der Waals surface area contributed by atoms with Crippen LogP contribution in [-0.2, 0) is 19.5 Å². The Bertz CT molecular complexity index is 500. The second kappa shape index (κ2) is 6.83. The van der Waals surface area contributed by atoms with Gasteiger partial charge in [-0.15, -0.1) is 11.3 Å². The van der Waals surface area contributed by atoms with Crippen molar-refractivity contribution in [1.29, 1.82) is 0 Å². The van der Waals surface area contributed by atoms with Gasteiger partial charge in [-0.2, -0.15) is 0 Å². The van der Waals surface area contributed by atoms with Crippen LogP contribution in [0.15, 0.2) is 29.6 Å². The number of aromatic nitrogens is 1. The fourth-order valence-electron chi connectivity index (χ4n) is 2.06. The number of hydrogen-bond donors (Lipinski definition) is 1. The Morgan fingerprint density at radius 2 is 1.79 bits per heavy atom. The van der Waals surface area contributed by atoms with Gasteiger partial charge in [0.15, 0.2) is 0 Å². The largest absolute Gasteiger partial charge is 0.306 e. The summed E-state index contributed by atoms with van der Waals surface area (Å²) < 4.78 is 0. The van der Waals surface area contributed by atoms with Gasteiger partial charge in [0.2, 0.25) is 0 Å². The molecule has 1 N–H and O–H groups in total. The summed E-state index contributed by atoms with van der Waals surface area (Å²) in [5.74, 6) is 0.720. The molecule has 0 unspecified atom stereocenters. The van der Waals surface area contributed by atoms with Crippen LogP contribution in [-0.4, -0.2) is 4.98 Å². The lowest BCUT2D eigenvalue weighted by Gasteiger charge is -2.07. The molecule has 1 aromatic carbocycles. The summed E-state index contributed by atoms with van der Waals surface area (Å²) >= 11 is 1.72. The van der Waals surface area contributed by atoms with E-state index in [4.69, 9.17) is 0 Å². The van der Waals surface area contributed by atoms with Gasteiger partial charge in [-0.3, -0.25) is 0 Å². The molecule has 1 aromatic heterocycles. The van der Waals surface area contributed by atoms with Crippen molar-refractivity contribution in [3.8, 4) is 0 Å². The van der Waals surface area contributed by atoms with E-state index in [-0.39, 0.29) is 0 Å². The highest BCUT2D eigenvalue weighted by molar-refractivity contribution is 7.09. The first-order valence-corrected chi connectivity index (χ1v) is 7.71. The van der Waals surface area contributed by atoms with Crippen LogP contribution in [0.2, 0.25) is 0 Å². The van der Waals surface area contributed by atoms with Gasteiger partial charge in [-0.1, -0.05) is 38.1 Å². The molecule has 0 bridgehead atoms. The smallest absolute Gasteiger partial charge is 0.107 e. The van der Waals surface area contributed by atoms with Gasteiger partial charge in [-0.05, 0) is 30.4 Å². The lowest BCUT2D eigenvalue weighted by molar-refractivity contribution is 0.646. The summed E-state index contributed by atoms with van der Waals surface area (Å²) in [6, 6.07) is 8.92. The highest BCUT2D eigenvalue weighted by Crippen LogP contribution is 2.11. The Balaban J connectivity index is 1.79. The summed E-state index contributed by atoms with van der Waals surface area (Å²) in [6.45, 7) is 8.30. The van der Waals surface area contributed by atoms with Crippen molar-refractivity contribution in [3.63, 3.8) is 0 Å². The Morgan fingerprint density at radius 1 is 1.11 bits per heavy atom. The normalized spacial score (nSPS) is 11.2. The second-order valence-electron chi connectivity index (χ2n) is 5.40. The van der Waals surface area contributed by atoms with Crippen LogP contribution in [0.5, 0.6) is 0 Å². The standard InChI is InChI=1S/C16H22N2S/c1-12(2)8-14-4-6-15(7-5-14)9-17-10-16-18-13(3)11-19-16/h4-7,11-12,17H,8-10H2,1-3H3.